The minimum atomic E-state index is -0.344. The predicted molar refractivity (Wildman–Crippen MR) is 101 cm³/mol. The number of amidine groups is 1. The van der Waals surface area contributed by atoms with Gasteiger partial charge in [-0.1, -0.05) is 11.8 Å². The summed E-state index contributed by atoms with van der Waals surface area (Å²) in [4.78, 5) is 23.0. The van der Waals surface area contributed by atoms with Crippen LogP contribution in [0.4, 0.5) is 5.69 Å². The second kappa shape index (κ2) is 8.15. The first-order valence-electron chi connectivity index (χ1n) is 7.88. The number of anilines is 1. The summed E-state index contributed by atoms with van der Waals surface area (Å²) in [5.41, 5.74) is 8.05. The van der Waals surface area contributed by atoms with Crippen molar-refractivity contribution in [2.24, 2.45) is 10.7 Å². The lowest BCUT2D eigenvalue weighted by Gasteiger charge is -2.29. The molecule has 1 aliphatic rings. The van der Waals surface area contributed by atoms with Crippen LogP contribution in [-0.4, -0.2) is 27.3 Å². The maximum absolute atomic E-state index is 10.4. The quantitative estimate of drug-likeness (QED) is 0.814. The van der Waals surface area contributed by atoms with Gasteiger partial charge in [-0.05, 0) is 38.8 Å². The van der Waals surface area contributed by atoms with E-state index < -0.39 is 0 Å². The number of carbonyl (C=O) groups is 1. The molecular formula is C17H23N5O2S. The van der Waals surface area contributed by atoms with Gasteiger partial charge in [0, 0.05) is 18.9 Å². The number of rotatable bonds is 3. The number of hydrogen-bond acceptors (Lipinski definition) is 7. The molecule has 3 N–H and O–H groups in total. The van der Waals surface area contributed by atoms with Crippen molar-refractivity contribution in [1.82, 2.24) is 9.97 Å². The Labute approximate surface area is 151 Å². The van der Waals surface area contributed by atoms with Crippen molar-refractivity contribution < 1.29 is 9.21 Å². The van der Waals surface area contributed by atoms with Crippen molar-refractivity contribution in [3.8, 4) is 0 Å². The molecule has 7 nitrogen and oxygen atoms in total. The third kappa shape index (κ3) is 5.06. The van der Waals surface area contributed by atoms with Crippen LogP contribution < -0.4 is 11.1 Å². The fourth-order valence-electron chi connectivity index (χ4n) is 2.41. The largest absolute Gasteiger partial charge is 0.446 e. The first-order chi connectivity index (χ1) is 11.8. The average Bonchev–Trinajstić information content (AvgIpc) is 2.84. The lowest BCUT2D eigenvalue weighted by Crippen LogP contribution is -2.28. The zero-order chi connectivity index (χ0) is 18.4. The highest BCUT2D eigenvalue weighted by molar-refractivity contribution is 8.13. The van der Waals surface area contributed by atoms with E-state index in [4.69, 9.17) is 10.2 Å². The highest BCUT2D eigenvalue weighted by Crippen LogP contribution is 2.35. The molecule has 2 aromatic heterocycles. The molecular weight excluding hydrogens is 338 g/mol. The number of pyridine rings is 1. The van der Waals surface area contributed by atoms with Crippen LogP contribution in [-0.2, 0) is 10.3 Å². The third-order valence-corrected chi connectivity index (χ3v) is 4.71. The second-order valence-electron chi connectivity index (χ2n) is 5.92. The van der Waals surface area contributed by atoms with Crippen LogP contribution in [0.3, 0.4) is 0 Å². The van der Waals surface area contributed by atoms with Crippen LogP contribution in [0.25, 0.3) is 0 Å². The molecule has 0 saturated heterocycles. The van der Waals surface area contributed by atoms with Crippen LogP contribution in [0, 0.1) is 20.8 Å². The SMILES string of the molecule is CC1(c2cncc(NC=O)c2)CCSC(N)=N1.Cc1nc(C)c(C)o1. The van der Waals surface area contributed by atoms with E-state index >= 15 is 0 Å². The van der Waals surface area contributed by atoms with Gasteiger partial charge in [0.05, 0.1) is 23.1 Å². The van der Waals surface area contributed by atoms with E-state index in [2.05, 4.69) is 20.3 Å². The molecule has 0 aliphatic carbocycles. The number of nitrogens with zero attached hydrogens (tertiary/aromatic N) is 3. The number of oxazole rings is 1. The van der Waals surface area contributed by atoms with E-state index in [1.807, 2.05) is 33.8 Å². The Morgan fingerprint density at radius 3 is 2.64 bits per heavy atom. The monoisotopic (exact) mass is 361 g/mol. The van der Waals surface area contributed by atoms with Crippen molar-refractivity contribution in [3.63, 3.8) is 0 Å². The van der Waals surface area contributed by atoms with Crippen molar-refractivity contribution in [3.05, 3.63) is 41.4 Å². The normalized spacial score (nSPS) is 19.4. The van der Waals surface area contributed by atoms with Gasteiger partial charge in [-0.2, -0.15) is 0 Å². The standard InChI is InChI=1S/C11H14N4OS.C6H9NO/c1-11(2-3-17-10(12)15-11)8-4-9(14-7-16)6-13-5-8;1-4-5(2)8-6(3)7-4/h4-7H,2-3H2,1H3,(H2,12,15)(H,14,16);1-3H3. The number of hydrogen-bond donors (Lipinski definition) is 2. The van der Waals surface area contributed by atoms with Crippen LogP contribution in [0.2, 0.25) is 0 Å². The molecule has 1 amide bonds. The summed E-state index contributed by atoms with van der Waals surface area (Å²) in [6.07, 6.45) is 4.91. The summed E-state index contributed by atoms with van der Waals surface area (Å²) in [6.45, 7) is 7.72. The number of amides is 1. The number of nitrogens with two attached hydrogens (primary N) is 1. The molecule has 134 valence electrons. The highest BCUT2D eigenvalue weighted by Gasteiger charge is 2.29. The van der Waals surface area contributed by atoms with Gasteiger partial charge in [0.2, 0.25) is 6.41 Å². The van der Waals surface area contributed by atoms with Gasteiger partial charge in [0.25, 0.3) is 0 Å². The van der Waals surface area contributed by atoms with Crippen LogP contribution in [0.1, 0.15) is 36.3 Å². The third-order valence-electron chi connectivity index (χ3n) is 3.92. The summed E-state index contributed by atoms with van der Waals surface area (Å²) in [6, 6.07) is 1.88. The Morgan fingerprint density at radius 1 is 1.36 bits per heavy atom. The minimum Gasteiger partial charge on any atom is -0.446 e. The highest BCUT2D eigenvalue weighted by atomic mass is 32.2. The number of aromatic nitrogens is 2. The van der Waals surface area contributed by atoms with Crippen molar-refractivity contribution in [2.45, 2.75) is 39.7 Å². The predicted octanol–water partition coefficient (Wildman–Crippen LogP) is 2.92. The smallest absolute Gasteiger partial charge is 0.211 e. The van der Waals surface area contributed by atoms with E-state index in [1.54, 1.807) is 24.2 Å². The molecule has 1 aliphatic heterocycles. The summed E-state index contributed by atoms with van der Waals surface area (Å²) in [5, 5.41) is 3.19. The number of aryl methyl sites for hydroxylation is 3. The van der Waals surface area contributed by atoms with Gasteiger partial charge < -0.3 is 15.5 Å². The van der Waals surface area contributed by atoms with Crippen LogP contribution in [0.5, 0.6) is 0 Å². The molecule has 3 heterocycles. The van der Waals surface area contributed by atoms with Gasteiger partial charge in [0.1, 0.15) is 5.76 Å². The molecule has 0 spiro atoms. The topological polar surface area (TPSA) is 106 Å². The van der Waals surface area contributed by atoms with Crippen molar-refractivity contribution in [1.29, 1.82) is 0 Å². The number of aliphatic imine (C=N–C) groups is 1. The Hall–Kier alpha value is -2.35. The lowest BCUT2D eigenvalue weighted by atomic mass is 9.91. The Balaban J connectivity index is 0.000000236. The maximum Gasteiger partial charge on any atom is 0.211 e. The summed E-state index contributed by atoms with van der Waals surface area (Å²) >= 11 is 1.57. The van der Waals surface area contributed by atoms with Crippen molar-refractivity contribution in [2.75, 3.05) is 11.1 Å². The van der Waals surface area contributed by atoms with E-state index in [1.165, 1.54) is 0 Å². The molecule has 8 heteroatoms. The van der Waals surface area contributed by atoms with E-state index in [0.717, 1.165) is 35.1 Å². The second-order valence-corrected chi connectivity index (χ2v) is 7.04. The molecule has 0 saturated carbocycles. The molecule has 25 heavy (non-hydrogen) atoms. The number of nitrogens with one attached hydrogen (secondary N) is 1. The summed E-state index contributed by atoms with van der Waals surface area (Å²) in [7, 11) is 0. The minimum absolute atomic E-state index is 0.344. The van der Waals surface area contributed by atoms with Crippen molar-refractivity contribution >= 4 is 29.0 Å². The van der Waals surface area contributed by atoms with E-state index in [9.17, 15) is 4.79 Å². The molecule has 1 atom stereocenters. The first-order valence-corrected chi connectivity index (χ1v) is 8.87. The molecule has 0 aromatic carbocycles. The van der Waals surface area contributed by atoms with E-state index in [-0.39, 0.29) is 5.54 Å². The van der Waals surface area contributed by atoms with Crippen LogP contribution >= 0.6 is 11.8 Å². The number of carbonyl (C=O) groups excluding carboxylic acids is 1. The Kier molecular flexibility index (Phi) is 6.19. The van der Waals surface area contributed by atoms with Gasteiger partial charge >= 0.3 is 0 Å². The molecule has 3 rings (SSSR count). The zero-order valence-electron chi connectivity index (χ0n) is 14.9. The average molecular weight is 361 g/mol. The van der Waals surface area contributed by atoms with Gasteiger partial charge in [-0.15, -0.1) is 0 Å². The first kappa shape index (κ1) is 19.0. The lowest BCUT2D eigenvalue weighted by molar-refractivity contribution is -0.105. The fourth-order valence-corrected chi connectivity index (χ4v) is 3.38. The van der Waals surface area contributed by atoms with Crippen LogP contribution in [0.15, 0.2) is 27.9 Å². The summed E-state index contributed by atoms with van der Waals surface area (Å²) in [5.74, 6) is 2.61. The van der Waals surface area contributed by atoms with Gasteiger partial charge in [-0.25, -0.2) is 4.98 Å². The van der Waals surface area contributed by atoms with Gasteiger partial charge in [0.15, 0.2) is 11.1 Å². The molecule has 2 aromatic rings. The Bertz CT molecular complexity index is 755. The maximum atomic E-state index is 10.4. The Morgan fingerprint density at radius 2 is 2.12 bits per heavy atom. The van der Waals surface area contributed by atoms with Gasteiger partial charge in [-0.3, -0.25) is 14.8 Å². The number of thioether (sulfide) groups is 1. The zero-order valence-corrected chi connectivity index (χ0v) is 15.7. The molecule has 1 unspecified atom stereocenters. The molecule has 0 bridgehead atoms. The molecule has 0 radical (unpaired) electrons. The summed E-state index contributed by atoms with van der Waals surface area (Å²) < 4.78 is 5.10. The molecule has 0 fully saturated rings. The fraction of sp³-hybridized carbons (Fsp3) is 0.412. The van der Waals surface area contributed by atoms with E-state index in [0.29, 0.717) is 17.3 Å².